The number of rotatable bonds is 6. The fourth-order valence-corrected chi connectivity index (χ4v) is 4.67. The highest BCUT2D eigenvalue weighted by Crippen LogP contribution is 2.49. The van der Waals surface area contributed by atoms with Gasteiger partial charge >= 0.3 is 6.03 Å². The second-order valence-corrected chi connectivity index (χ2v) is 7.50. The third-order valence-electron chi connectivity index (χ3n) is 5.79. The van der Waals surface area contributed by atoms with Crippen LogP contribution < -0.4 is 5.32 Å². The van der Waals surface area contributed by atoms with Crippen LogP contribution in [0.25, 0.3) is 0 Å². The van der Waals surface area contributed by atoms with Crippen molar-refractivity contribution in [3.8, 4) is 0 Å². The zero-order valence-electron chi connectivity index (χ0n) is 15.4. The first kappa shape index (κ1) is 18.0. The molecule has 1 saturated heterocycles. The summed E-state index contributed by atoms with van der Waals surface area (Å²) in [5.41, 5.74) is 0. The molecule has 1 heterocycles. The summed E-state index contributed by atoms with van der Waals surface area (Å²) in [6.07, 6.45) is 7.33. The number of carbonyl (C=O) groups is 3. The van der Waals surface area contributed by atoms with E-state index in [1.807, 2.05) is 13.8 Å². The van der Waals surface area contributed by atoms with Crippen molar-refractivity contribution in [1.82, 2.24) is 15.1 Å². The van der Waals surface area contributed by atoms with Crippen molar-refractivity contribution in [3.05, 3.63) is 12.2 Å². The Kier molecular flexibility index (Phi) is 5.16. The first-order valence-electron chi connectivity index (χ1n) is 9.60. The van der Waals surface area contributed by atoms with Crippen molar-refractivity contribution in [2.45, 2.75) is 52.6 Å². The summed E-state index contributed by atoms with van der Waals surface area (Å²) >= 11 is 0. The van der Waals surface area contributed by atoms with Crippen LogP contribution in [0.1, 0.15) is 46.5 Å². The molecular weight excluding hydrogens is 318 g/mol. The Morgan fingerprint density at radius 3 is 2.00 bits per heavy atom. The number of urea groups is 1. The Morgan fingerprint density at radius 2 is 1.60 bits per heavy atom. The molecule has 25 heavy (non-hydrogen) atoms. The van der Waals surface area contributed by atoms with Crippen LogP contribution in [-0.2, 0) is 9.59 Å². The van der Waals surface area contributed by atoms with Gasteiger partial charge in [-0.1, -0.05) is 26.0 Å². The Morgan fingerprint density at radius 1 is 1.12 bits per heavy atom. The normalized spacial score (nSPS) is 31.2. The van der Waals surface area contributed by atoms with Gasteiger partial charge in [0.05, 0.1) is 11.8 Å². The number of nitrogens with one attached hydrogen (secondary N) is 1. The number of hydrogen-bond donors (Lipinski definition) is 1. The van der Waals surface area contributed by atoms with Crippen molar-refractivity contribution < 1.29 is 14.4 Å². The molecule has 2 bridgehead atoms. The van der Waals surface area contributed by atoms with Crippen molar-refractivity contribution in [1.29, 1.82) is 0 Å². The number of hydrogen-bond acceptors (Lipinski definition) is 3. The van der Waals surface area contributed by atoms with Gasteiger partial charge in [-0.2, -0.15) is 0 Å². The molecule has 4 aliphatic rings. The minimum atomic E-state index is -0.603. The summed E-state index contributed by atoms with van der Waals surface area (Å²) in [6, 6.07) is -0.201. The summed E-state index contributed by atoms with van der Waals surface area (Å²) in [7, 11) is 0. The molecule has 138 valence electrons. The second kappa shape index (κ2) is 7.18. The Labute approximate surface area is 149 Å². The second-order valence-electron chi connectivity index (χ2n) is 7.50. The maximum absolute atomic E-state index is 12.9. The molecule has 0 radical (unpaired) electrons. The van der Waals surface area contributed by atoms with Gasteiger partial charge in [-0.3, -0.25) is 14.5 Å². The van der Waals surface area contributed by atoms with Crippen LogP contribution in [-0.4, -0.2) is 46.9 Å². The van der Waals surface area contributed by atoms with Crippen LogP contribution in [0, 0.1) is 23.7 Å². The number of carbonyl (C=O) groups excluding carboxylic acids is 3. The molecule has 4 amide bonds. The van der Waals surface area contributed by atoms with E-state index >= 15 is 0 Å². The highest BCUT2D eigenvalue weighted by atomic mass is 16.2. The standard InChI is InChI=1S/C19H29N3O3/c1-4-10-21(11-5-2)19(25)20-12(3)22-17(23)15-13-6-7-14(9-8-13)16(15)18(22)24/h6-7,12-16H,4-5,8-11H2,1-3H3,(H,20,25)/t12-,13-,14-,15+,16+/m0/s1. The quantitative estimate of drug-likeness (QED) is 0.592. The van der Waals surface area contributed by atoms with E-state index in [9.17, 15) is 14.4 Å². The maximum Gasteiger partial charge on any atom is 0.319 e. The van der Waals surface area contributed by atoms with Crippen LogP contribution in [0.5, 0.6) is 0 Å². The van der Waals surface area contributed by atoms with Gasteiger partial charge in [0.15, 0.2) is 0 Å². The Bertz CT molecular complexity index is 550. The molecule has 0 unspecified atom stereocenters. The van der Waals surface area contributed by atoms with E-state index in [0.717, 1.165) is 25.7 Å². The minimum Gasteiger partial charge on any atom is -0.325 e. The molecule has 1 saturated carbocycles. The summed E-state index contributed by atoms with van der Waals surface area (Å²) in [5, 5.41) is 2.86. The summed E-state index contributed by atoms with van der Waals surface area (Å²) in [6.45, 7) is 7.14. The lowest BCUT2D eigenvalue weighted by Gasteiger charge is -2.38. The van der Waals surface area contributed by atoms with Gasteiger partial charge in [-0.05, 0) is 44.4 Å². The van der Waals surface area contributed by atoms with E-state index in [1.54, 1.807) is 11.8 Å². The summed E-state index contributed by atoms with van der Waals surface area (Å²) in [5.74, 6) is -0.318. The predicted octanol–water partition coefficient (Wildman–Crippen LogP) is 2.36. The number of likely N-dealkylation sites (tertiary alicyclic amines) is 1. The van der Waals surface area contributed by atoms with Crippen molar-refractivity contribution in [2.24, 2.45) is 23.7 Å². The van der Waals surface area contributed by atoms with Gasteiger partial charge in [0.25, 0.3) is 0 Å². The van der Waals surface area contributed by atoms with E-state index in [4.69, 9.17) is 0 Å². The maximum atomic E-state index is 12.9. The predicted molar refractivity (Wildman–Crippen MR) is 94.3 cm³/mol. The van der Waals surface area contributed by atoms with Gasteiger partial charge in [0.1, 0.15) is 6.17 Å². The van der Waals surface area contributed by atoms with Gasteiger partial charge in [0.2, 0.25) is 11.8 Å². The molecular formula is C19H29N3O3. The fourth-order valence-electron chi connectivity index (χ4n) is 4.67. The van der Waals surface area contributed by atoms with E-state index in [2.05, 4.69) is 17.5 Å². The largest absolute Gasteiger partial charge is 0.325 e. The first-order chi connectivity index (χ1) is 12.0. The number of allylic oxidation sites excluding steroid dienone is 2. The molecule has 2 fully saturated rings. The van der Waals surface area contributed by atoms with E-state index in [-0.39, 0.29) is 41.5 Å². The fraction of sp³-hybridized carbons (Fsp3) is 0.737. The van der Waals surface area contributed by atoms with Crippen LogP contribution in [0.3, 0.4) is 0 Å². The lowest BCUT2D eigenvalue weighted by atomic mass is 9.63. The lowest BCUT2D eigenvalue weighted by molar-refractivity contribution is -0.142. The molecule has 0 spiro atoms. The number of amides is 4. The van der Waals surface area contributed by atoms with Crippen molar-refractivity contribution >= 4 is 17.8 Å². The third-order valence-corrected chi connectivity index (χ3v) is 5.79. The van der Waals surface area contributed by atoms with Gasteiger partial charge < -0.3 is 10.2 Å². The summed E-state index contributed by atoms with van der Waals surface area (Å²) in [4.78, 5) is 41.4. The zero-order chi connectivity index (χ0) is 18.1. The van der Waals surface area contributed by atoms with E-state index in [1.165, 1.54) is 4.90 Å². The molecule has 0 aromatic rings. The molecule has 4 rings (SSSR count). The van der Waals surface area contributed by atoms with Gasteiger partial charge in [0, 0.05) is 13.1 Å². The van der Waals surface area contributed by atoms with Crippen LogP contribution in [0.15, 0.2) is 12.2 Å². The SMILES string of the molecule is CCCN(CCC)C(=O)N[C@H](C)N1C(=O)[C@H]2[C@H](C1=O)[C@H]1C=C[C@H]2CC1. The molecule has 5 atom stereocenters. The first-order valence-corrected chi connectivity index (χ1v) is 9.60. The average Bonchev–Trinajstić information content (AvgIpc) is 2.89. The molecule has 1 aliphatic heterocycles. The van der Waals surface area contributed by atoms with E-state index < -0.39 is 6.17 Å². The van der Waals surface area contributed by atoms with Gasteiger partial charge in [-0.25, -0.2) is 4.79 Å². The van der Waals surface area contributed by atoms with Crippen LogP contribution in [0.4, 0.5) is 4.79 Å². The van der Waals surface area contributed by atoms with Gasteiger partial charge in [-0.15, -0.1) is 0 Å². The zero-order valence-corrected chi connectivity index (χ0v) is 15.4. The number of imide groups is 1. The lowest BCUT2D eigenvalue weighted by Crippen LogP contribution is -2.53. The van der Waals surface area contributed by atoms with Crippen LogP contribution >= 0.6 is 0 Å². The Hall–Kier alpha value is -1.85. The highest BCUT2D eigenvalue weighted by Gasteiger charge is 2.57. The molecule has 6 nitrogen and oxygen atoms in total. The topological polar surface area (TPSA) is 69.7 Å². The van der Waals surface area contributed by atoms with E-state index in [0.29, 0.717) is 13.1 Å². The molecule has 0 aromatic carbocycles. The highest BCUT2D eigenvalue weighted by molar-refractivity contribution is 6.06. The molecule has 6 heteroatoms. The van der Waals surface area contributed by atoms with Crippen molar-refractivity contribution in [2.75, 3.05) is 13.1 Å². The molecule has 3 aliphatic carbocycles. The number of fused-ring (bicyclic) bond motifs is 1. The molecule has 1 N–H and O–H groups in total. The van der Waals surface area contributed by atoms with Crippen LogP contribution in [0.2, 0.25) is 0 Å². The van der Waals surface area contributed by atoms with Crippen molar-refractivity contribution in [3.63, 3.8) is 0 Å². The Balaban J connectivity index is 1.70. The average molecular weight is 347 g/mol. The third kappa shape index (κ3) is 3.07. The summed E-state index contributed by atoms with van der Waals surface area (Å²) < 4.78 is 0. The smallest absolute Gasteiger partial charge is 0.319 e. The minimum absolute atomic E-state index is 0.112. The monoisotopic (exact) mass is 347 g/mol. The number of nitrogens with zero attached hydrogens (tertiary/aromatic N) is 2. The molecule has 0 aromatic heterocycles.